The van der Waals surface area contributed by atoms with E-state index in [0.29, 0.717) is 13.2 Å². The van der Waals surface area contributed by atoms with Crippen LogP contribution in [0.2, 0.25) is 0 Å². The number of pyridine rings is 1. The zero-order valence-electron chi connectivity index (χ0n) is 9.44. The van der Waals surface area contributed by atoms with Crippen LogP contribution in [0.5, 0.6) is 0 Å². The second-order valence-electron chi connectivity index (χ2n) is 3.75. The van der Waals surface area contributed by atoms with E-state index in [-0.39, 0.29) is 0 Å². The third-order valence-electron chi connectivity index (χ3n) is 2.46. The molecule has 2 nitrogen and oxygen atoms in total. The van der Waals surface area contributed by atoms with Gasteiger partial charge in [0.1, 0.15) is 0 Å². The lowest BCUT2D eigenvalue weighted by Gasteiger charge is -2.06. The van der Waals surface area contributed by atoms with E-state index < -0.39 is 0 Å². The summed E-state index contributed by atoms with van der Waals surface area (Å²) in [5.41, 5.74) is 3.24. The molecule has 0 radical (unpaired) electrons. The zero-order chi connectivity index (χ0) is 11.4. The molecule has 2 rings (SSSR count). The monoisotopic (exact) mass is 213 g/mol. The predicted molar refractivity (Wildman–Crippen MR) is 66.3 cm³/mol. The molecule has 2 aromatic rings. The maximum absolute atomic E-state index is 5.39. The van der Waals surface area contributed by atoms with E-state index >= 15 is 0 Å². The van der Waals surface area contributed by atoms with Crippen molar-refractivity contribution < 1.29 is 4.74 Å². The van der Waals surface area contributed by atoms with Crippen molar-refractivity contribution in [2.45, 2.75) is 13.5 Å². The first-order chi connectivity index (χ1) is 7.81. The van der Waals surface area contributed by atoms with Gasteiger partial charge in [-0.3, -0.25) is 4.98 Å². The van der Waals surface area contributed by atoms with Crippen molar-refractivity contribution in [2.24, 2.45) is 0 Å². The highest BCUT2D eigenvalue weighted by Crippen LogP contribution is 2.17. The molecule has 0 N–H and O–H groups in total. The van der Waals surface area contributed by atoms with Gasteiger partial charge in [-0.2, -0.15) is 0 Å². The average Bonchev–Trinajstić information content (AvgIpc) is 2.30. The van der Waals surface area contributed by atoms with Crippen molar-refractivity contribution in [1.82, 2.24) is 4.98 Å². The predicted octanol–water partition coefficient (Wildman–Crippen LogP) is 3.25. The normalized spacial score (nSPS) is 10.6. The van der Waals surface area contributed by atoms with E-state index in [1.54, 1.807) is 6.08 Å². The largest absolute Gasteiger partial charge is 0.371 e. The highest BCUT2D eigenvalue weighted by atomic mass is 16.5. The van der Waals surface area contributed by atoms with Crippen LogP contribution in [0.25, 0.3) is 10.9 Å². The van der Waals surface area contributed by atoms with E-state index in [0.717, 1.165) is 11.2 Å². The second-order valence-corrected chi connectivity index (χ2v) is 3.75. The van der Waals surface area contributed by atoms with E-state index in [4.69, 9.17) is 4.74 Å². The molecule has 2 heteroatoms. The van der Waals surface area contributed by atoms with Gasteiger partial charge in [0.25, 0.3) is 0 Å². The summed E-state index contributed by atoms with van der Waals surface area (Å²) in [5, 5.41) is 1.20. The lowest BCUT2D eigenvalue weighted by Crippen LogP contribution is -1.97. The number of aromatic nitrogens is 1. The molecule has 1 heterocycles. The molecule has 0 bridgehead atoms. The summed E-state index contributed by atoms with van der Waals surface area (Å²) in [6, 6.07) is 10.2. The molecule has 0 spiro atoms. The molecule has 0 fully saturated rings. The van der Waals surface area contributed by atoms with E-state index in [9.17, 15) is 0 Å². The lowest BCUT2D eigenvalue weighted by atomic mass is 10.1. The minimum atomic E-state index is 0.539. The van der Waals surface area contributed by atoms with Gasteiger partial charge >= 0.3 is 0 Å². The van der Waals surface area contributed by atoms with Crippen molar-refractivity contribution in [2.75, 3.05) is 6.61 Å². The van der Waals surface area contributed by atoms with Crippen molar-refractivity contribution in [1.29, 1.82) is 0 Å². The Kier molecular flexibility index (Phi) is 3.32. The van der Waals surface area contributed by atoms with Crippen molar-refractivity contribution >= 4 is 10.9 Å². The van der Waals surface area contributed by atoms with E-state index in [1.807, 2.05) is 18.2 Å². The van der Waals surface area contributed by atoms with Gasteiger partial charge in [0.2, 0.25) is 0 Å². The zero-order valence-corrected chi connectivity index (χ0v) is 9.44. The number of para-hydroxylation sites is 1. The van der Waals surface area contributed by atoms with E-state index in [2.05, 4.69) is 30.6 Å². The summed E-state index contributed by atoms with van der Waals surface area (Å²) in [7, 11) is 0. The van der Waals surface area contributed by atoms with Crippen LogP contribution in [0, 0.1) is 6.92 Å². The number of benzene rings is 1. The van der Waals surface area contributed by atoms with Crippen LogP contribution in [0.3, 0.4) is 0 Å². The fourth-order valence-electron chi connectivity index (χ4n) is 1.74. The van der Waals surface area contributed by atoms with Gasteiger partial charge < -0.3 is 4.74 Å². The SMILES string of the molecule is C=CCOCc1cc(C)c2ccccc2n1. The lowest BCUT2D eigenvalue weighted by molar-refractivity contribution is 0.146. The second kappa shape index (κ2) is 4.90. The number of ether oxygens (including phenoxy) is 1. The number of nitrogens with zero attached hydrogens (tertiary/aromatic N) is 1. The highest BCUT2D eigenvalue weighted by molar-refractivity contribution is 5.81. The smallest absolute Gasteiger partial charge is 0.0892 e. The van der Waals surface area contributed by atoms with Crippen LogP contribution in [-0.4, -0.2) is 11.6 Å². The summed E-state index contributed by atoms with van der Waals surface area (Å²) in [6.45, 7) is 6.81. The molecule has 0 atom stereocenters. The molecule has 0 aliphatic rings. The molecule has 82 valence electrons. The maximum atomic E-state index is 5.39. The van der Waals surface area contributed by atoms with Crippen molar-refractivity contribution in [3.63, 3.8) is 0 Å². The summed E-state index contributed by atoms with van der Waals surface area (Å²) >= 11 is 0. The summed E-state index contributed by atoms with van der Waals surface area (Å²) in [4.78, 5) is 4.55. The van der Waals surface area contributed by atoms with Crippen LogP contribution in [-0.2, 0) is 11.3 Å². The Bertz CT molecular complexity index is 505. The standard InChI is InChI=1S/C14H15NO/c1-3-8-16-10-12-9-11(2)13-6-4-5-7-14(13)15-12/h3-7,9H,1,8,10H2,2H3. The van der Waals surface area contributed by atoms with Crippen molar-refractivity contribution in [3.8, 4) is 0 Å². The third kappa shape index (κ3) is 2.28. The molecular weight excluding hydrogens is 198 g/mol. The van der Waals surface area contributed by atoms with Crippen LogP contribution < -0.4 is 0 Å². The van der Waals surface area contributed by atoms with Crippen LogP contribution >= 0.6 is 0 Å². The minimum Gasteiger partial charge on any atom is -0.371 e. The highest BCUT2D eigenvalue weighted by Gasteiger charge is 2.01. The molecular formula is C14H15NO. The Morgan fingerprint density at radius 3 is 3.00 bits per heavy atom. The van der Waals surface area contributed by atoms with E-state index in [1.165, 1.54) is 10.9 Å². The first-order valence-corrected chi connectivity index (χ1v) is 5.35. The summed E-state index contributed by atoms with van der Waals surface area (Å²) < 4.78 is 5.39. The van der Waals surface area contributed by atoms with Gasteiger partial charge in [0.05, 0.1) is 24.4 Å². The average molecular weight is 213 g/mol. The quantitative estimate of drug-likeness (QED) is 0.574. The molecule has 16 heavy (non-hydrogen) atoms. The number of hydrogen-bond acceptors (Lipinski definition) is 2. The Hall–Kier alpha value is -1.67. The number of hydrogen-bond donors (Lipinski definition) is 0. The van der Waals surface area contributed by atoms with Gasteiger partial charge in [-0.1, -0.05) is 24.3 Å². The van der Waals surface area contributed by atoms with Crippen LogP contribution in [0.15, 0.2) is 43.0 Å². The molecule has 0 saturated carbocycles. The Morgan fingerprint density at radius 1 is 1.38 bits per heavy atom. The molecule has 0 saturated heterocycles. The van der Waals surface area contributed by atoms with Gasteiger partial charge in [0.15, 0.2) is 0 Å². The Balaban J connectivity index is 2.30. The third-order valence-corrected chi connectivity index (χ3v) is 2.46. The number of rotatable bonds is 4. The fraction of sp³-hybridized carbons (Fsp3) is 0.214. The number of fused-ring (bicyclic) bond motifs is 1. The summed E-state index contributed by atoms with van der Waals surface area (Å²) in [5.74, 6) is 0. The van der Waals surface area contributed by atoms with Gasteiger partial charge in [0, 0.05) is 5.39 Å². The molecule has 0 aliphatic heterocycles. The van der Waals surface area contributed by atoms with Crippen LogP contribution in [0.4, 0.5) is 0 Å². The first kappa shape index (κ1) is 10.8. The topological polar surface area (TPSA) is 22.1 Å². The Morgan fingerprint density at radius 2 is 2.19 bits per heavy atom. The summed E-state index contributed by atoms with van der Waals surface area (Å²) in [6.07, 6.45) is 1.74. The Labute approximate surface area is 95.6 Å². The molecule has 1 aromatic carbocycles. The minimum absolute atomic E-state index is 0.539. The number of aryl methyl sites for hydroxylation is 1. The molecule has 0 amide bonds. The van der Waals surface area contributed by atoms with Crippen molar-refractivity contribution in [3.05, 3.63) is 54.2 Å². The van der Waals surface area contributed by atoms with Gasteiger partial charge in [-0.05, 0) is 24.6 Å². The molecule has 0 aliphatic carbocycles. The maximum Gasteiger partial charge on any atom is 0.0892 e. The van der Waals surface area contributed by atoms with Crippen LogP contribution in [0.1, 0.15) is 11.3 Å². The molecule has 1 aromatic heterocycles. The molecule has 0 unspecified atom stereocenters. The van der Waals surface area contributed by atoms with Gasteiger partial charge in [-0.15, -0.1) is 6.58 Å². The fourth-order valence-corrected chi connectivity index (χ4v) is 1.74. The van der Waals surface area contributed by atoms with Gasteiger partial charge in [-0.25, -0.2) is 0 Å². The first-order valence-electron chi connectivity index (χ1n) is 5.35.